The highest BCUT2D eigenvalue weighted by molar-refractivity contribution is 5.83. The van der Waals surface area contributed by atoms with E-state index in [4.69, 9.17) is 9.84 Å². The molecule has 3 atom stereocenters. The molecule has 0 aliphatic heterocycles. The first-order valence-corrected chi connectivity index (χ1v) is 10.3. The minimum absolute atomic E-state index is 0.190. The second-order valence-electron chi connectivity index (χ2n) is 7.24. The second kappa shape index (κ2) is 13.7. The standard InChI is InChI=1S/C22H34N2O5/c1-4-29-22(28)19(14-13-18-11-6-5-7-12-18)24-17(3)20(25)23-15-9-8-10-16(2)21(26)27/h5-7,11-12,16-17,19,24H,4,8-10,13-15H2,1-3H3,(H,23,25)(H,26,27)/t16-,17-,19-/m0/s1. The van der Waals surface area contributed by atoms with Crippen molar-refractivity contribution < 1.29 is 24.2 Å². The first-order valence-electron chi connectivity index (χ1n) is 10.3. The first-order chi connectivity index (χ1) is 13.8. The third-order valence-electron chi connectivity index (χ3n) is 4.76. The molecule has 0 heterocycles. The number of nitrogens with one attached hydrogen (secondary N) is 2. The zero-order valence-electron chi connectivity index (χ0n) is 17.6. The van der Waals surface area contributed by atoms with E-state index in [1.54, 1.807) is 20.8 Å². The summed E-state index contributed by atoms with van der Waals surface area (Å²) < 4.78 is 5.15. The highest BCUT2D eigenvalue weighted by Crippen LogP contribution is 2.08. The highest BCUT2D eigenvalue weighted by atomic mass is 16.5. The monoisotopic (exact) mass is 406 g/mol. The van der Waals surface area contributed by atoms with Gasteiger partial charge in [0.15, 0.2) is 0 Å². The topological polar surface area (TPSA) is 105 Å². The Morgan fingerprint density at radius 1 is 1.07 bits per heavy atom. The molecule has 1 rings (SSSR count). The molecule has 29 heavy (non-hydrogen) atoms. The van der Waals surface area contributed by atoms with Crippen LogP contribution in [0, 0.1) is 5.92 Å². The van der Waals surface area contributed by atoms with E-state index in [1.807, 2.05) is 30.3 Å². The lowest BCUT2D eigenvalue weighted by atomic mass is 10.0. The summed E-state index contributed by atoms with van der Waals surface area (Å²) in [4.78, 5) is 35.4. The molecule has 1 amide bonds. The molecule has 0 fully saturated rings. The van der Waals surface area contributed by atoms with Crippen LogP contribution in [0.4, 0.5) is 0 Å². The molecule has 0 radical (unpaired) electrons. The van der Waals surface area contributed by atoms with Gasteiger partial charge in [-0.05, 0) is 45.1 Å². The van der Waals surface area contributed by atoms with Crippen molar-refractivity contribution in [1.82, 2.24) is 10.6 Å². The van der Waals surface area contributed by atoms with Crippen molar-refractivity contribution in [3.8, 4) is 0 Å². The van der Waals surface area contributed by atoms with Crippen LogP contribution in [-0.2, 0) is 25.5 Å². The molecule has 0 aliphatic carbocycles. The number of ether oxygens (including phenoxy) is 1. The molecule has 3 N–H and O–H groups in total. The number of amides is 1. The van der Waals surface area contributed by atoms with E-state index in [9.17, 15) is 14.4 Å². The molecule has 0 spiro atoms. The number of aryl methyl sites for hydroxylation is 1. The number of unbranched alkanes of at least 4 members (excludes halogenated alkanes) is 1. The van der Waals surface area contributed by atoms with Gasteiger partial charge in [0.1, 0.15) is 6.04 Å². The summed E-state index contributed by atoms with van der Waals surface area (Å²) in [6.07, 6.45) is 3.27. The van der Waals surface area contributed by atoms with Crippen LogP contribution in [0.5, 0.6) is 0 Å². The summed E-state index contributed by atoms with van der Waals surface area (Å²) in [7, 11) is 0. The van der Waals surface area contributed by atoms with Gasteiger partial charge in [-0.2, -0.15) is 0 Å². The fourth-order valence-electron chi connectivity index (χ4n) is 2.91. The van der Waals surface area contributed by atoms with E-state index in [0.29, 0.717) is 32.2 Å². The largest absolute Gasteiger partial charge is 0.481 e. The zero-order valence-corrected chi connectivity index (χ0v) is 17.6. The summed E-state index contributed by atoms with van der Waals surface area (Å²) >= 11 is 0. The van der Waals surface area contributed by atoms with Crippen LogP contribution in [0.2, 0.25) is 0 Å². The van der Waals surface area contributed by atoms with Gasteiger partial charge < -0.3 is 15.2 Å². The fourth-order valence-corrected chi connectivity index (χ4v) is 2.91. The van der Waals surface area contributed by atoms with Gasteiger partial charge in [0.05, 0.1) is 18.6 Å². The molecule has 0 saturated carbocycles. The maximum absolute atomic E-state index is 12.3. The number of aliphatic carboxylic acids is 1. The highest BCUT2D eigenvalue weighted by Gasteiger charge is 2.24. The van der Waals surface area contributed by atoms with Crippen molar-refractivity contribution >= 4 is 17.8 Å². The van der Waals surface area contributed by atoms with Crippen LogP contribution in [0.1, 0.15) is 52.0 Å². The van der Waals surface area contributed by atoms with E-state index in [2.05, 4.69) is 10.6 Å². The predicted octanol–water partition coefficient (Wildman–Crippen LogP) is 2.54. The van der Waals surface area contributed by atoms with Gasteiger partial charge in [0.2, 0.25) is 5.91 Å². The number of carboxylic acid groups (broad SMARTS) is 1. The second-order valence-corrected chi connectivity index (χ2v) is 7.24. The number of hydrogen-bond donors (Lipinski definition) is 3. The Labute approximate surface area is 173 Å². The Kier molecular flexibility index (Phi) is 11.6. The smallest absolute Gasteiger partial charge is 0.323 e. The number of hydrogen-bond acceptors (Lipinski definition) is 5. The lowest BCUT2D eigenvalue weighted by molar-refractivity contribution is -0.146. The van der Waals surface area contributed by atoms with E-state index in [1.165, 1.54) is 0 Å². The van der Waals surface area contributed by atoms with Gasteiger partial charge in [-0.25, -0.2) is 0 Å². The quantitative estimate of drug-likeness (QED) is 0.324. The van der Waals surface area contributed by atoms with Crippen molar-refractivity contribution in [2.75, 3.05) is 13.2 Å². The fraction of sp³-hybridized carbons (Fsp3) is 0.591. The average molecular weight is 407 g/mol. The molecule has 162 valence electrons. The summed E-state index contributed by atoms with van der Waals surface area (Å²) in [5.41, 5.74) is 1.12. The van der Waals surface area contributed by atoms with Crippen LogP contribution in [0.3, 0.4) is 0 Å². The summed E-state index contributed by atoms with van der Waals surface area (Å²) in [5.74, 6) is -1.72. The minimum atomic E-state index is -0.799. The molecule has 0 bridgehead atoms. The van der Waals surface area contributed by atoms with Crippen molar-refractivity contribution in [3.05, 3.63) is 35.9 Å². The van der Waals surface area contributed by atoms with Crippen LogP contribution in [0.15, 0.2) is 30.3 Å². The normalized spacial score (nSPS) is 13.9. The van der Waals surface area contributed by atoms with E-state index in [0.717, 1.165) is 12.0 Å². The third-order valence-corrected chi connectivity index (χ3v) is 4.76. The number of carboxylic acids is 1. The van der Waals surface area contributed by atoms with Crippen LogP contribution < -0.4 is 10.6 Å². The van der Waals surface area contributed by atoms with Crippen molar-refractivity contribution in [3.63, 3.8) is 0 Å². The Hall–Kier alpha value is -2.41. The van der Waals surface area contributed by atoms with Gasteiger partial charge in [0.25, 0.3) is 0 Å². The molecule has 7 nitrogen and oxygen atoms in total. The summed E-state index contributed by atoms with van der Waals surface area (Å²) in [6.45, 7) is 5.92. The third kappa shape index (κ3) is 10.1. The lowest BCUT2D eigenvalue weighted by Crippen LogP contribution is -2.50. The lowest BCUT2D eigenvalue weighted by Gasteiger charge is -2.21. The maximum atomic E-state index is 12.3. The van der Waals surface area contributed by atoms with Crippen molar-refractivity contribution in [2.24, 2.45) is 5.92 Å². The van der Waals surface area contributed by atoms with E-state index in [-0.39, 0.29) is 24.4 Å². The Morgan fingerprint density at radius 3 is 2.38 bits per heavy atom. The van der Waals surface area contributed by atoms with Crippen LogP contribution >= 0.6 is 0 Å². The molecule has 0 unspecified atom stereocenters. The predicted molar refractivity (Wildman–Crippen MR) is 111 cm³/mol. The number of benzene rings is 1. The van der Waals surface area contributed by atoms with Crippen molar-refractivity contribution in [1.29, 1.82) is 0 Å². The van der Waals surface area contributed by atoms with E-state index < -0.39 is 18.1 Å². The molecular formula is C22H34N2O5. The molecule has 0 saturated heterocycles. The maximum Gasteiger partial charge on any atom is 0.323 e. The molecule has 0 aliphatic rings. The summed E-state index contributed by atoms with van der Waals surface area (Å²) in [6, 6.07) is 8.75. The van der Waals surface area contributed by atoms with E-state index >= 15 is 0 Å². The van der Waals surface area contributed by atoms with Gasteiger partial charge in [-0.3, -0.25) is 19.7 Å². The summed E-state index contributed by atoms with van der Waals surface area (Å²) in [5, 5.41) is 14.8. The Balaban J connectivity index is 2.44. The van der Waals surface area contributed by atoms with Crippen molar-refractivity contribution in [2.45, 2.75) is 65.0 Å². The molecule has 1 aromatic carbocycles. The first kappa shape index (κ1) is 24.6. The van der Waals surface area contributed by atoms with Gasteiger partial charge in [-0.15, -0.1) is 0 Å². The number of esters is 1. The average Bonchev–Trinajstić information content (AvgIpc) is 2.71. The number of carbonyl (C=O) groups is 3. The van der Waals surface area contributed by atoms with Gasteiger partial charge >= 0.3 is 11.9 Å². The number of carbonyl (C=O) groups excluding carboxylic acids is 2. The molecule has 1 aromatic rings. The molecular weight excluding hydrogens is 372 g/mol. The Morgan fingerprint density at radius 2 is 1.76 bits per heavy atom. The van der Waals surface area contributed by atoms with Gasteiger partial charge in [0, 0.05) is 6.54 Å². The van der Waals surface area contributed by atoms with Crippen LogP contribution in [0.25, 0.3) is 0 Å². The number of rotatable bonds is 14. The SMILES string of the molecule is CCOC(=O)[C@H](CCc1ccccc1)N[C@@H](C)C(=O)NCCCC[C@H](C)C(=O)O. The Bertz CT molecular complexity index is 635. The zero-order chi connectivity index (χ0) is 21.6. The molecule has 7 heteroatoms. The van der Waals surface area contributed by atoms with Crippen LogP contribution in [-0.4, -0.2) is 48.2 Å². The molecule has 0 aromatic heterocycles. The van der Waals surface area contributed by atoms with Gasteiger partial charge in [-0.1, -0.05) is 43.7 Å². The minimum Gasteiger partial charge on any atom is -0.481 e.